The maximum Gasteiger partial charge on any atom is 0.119 e. The smallest absolute Gasteiger partial charge is 0.119 e. The second kappa shape index (κ2) is 4.59. The van der Waals surface area contributed by atoms with Crippen molar-refractivity contribution >= 4 is 0 Å². The number of methoxy groups -OCH3 is 1. The Kier molecular flexibility index (Phi) is 3.04. The molecule has 2 nitrogen and oxygen atoms in total. The number of nitrogens with zero attached hydrogens (tertiary/aromatic N) is 1. The average molecular weight is 257 g/mol. The lowest BCUT2D eigenvalue weighted by Gasteiger charge is -2.51. The lowest BCUT2D eigenvalue weighted by molar-refractivity contribution is 0.105. The molecule has 1 aromatic carbocycles. The highest BCUT2D eigenvalue weighted by Crippen LogP contribution is 2.49. The second-order valence-corrected chi connectivity index (χ2v) is 6.00. The number of benzene rings is 1. The molecule has 1 fully saturated rings. The molecule has 3 atom stereocenters. The Bertz CT molecular complexity index is 496. The number of ether oxygens (including phenoxy) is 1. The average Bonchev–Trinajstić information content (AvgIpc) is 2.44. The summed E-state index contributed by atoms with van der Waals surface area (Å²) in [4.78, 5) is 2.39. The van der Waals surface area contributed by atoms with Crippen molar-refractivity contribution in [3.05, 3.63) is 42.1 Å². The Morgan fingerprint density at radius 2 is 2.21 bits per heavy atom. The van der Waals surface area contributed by atoms with Gasteiger partial charge in [-0.15, -0.1) is 0 Å². The highest BCUT2D eigenvalue weighted by atomic mass is 16.5. The van der Waals surface area contributed by atoms with Crippen LogP contribution in [0.25, 0.3) is 0 Å². The Hall–Kier alpha value is -1.44. The summed E-state index contributed by atoms with van der Waals surface area (Å²) in [5.74, 6) is 1.62. The standard InChI is InChI=1S/C17H23NO/c1-13-16-8-5-9-17(13,10-11-18(16)2)14-6-4-7-15(12-14)19-3/h4,6-7,10-13,16H,5,8-9H2,1-3H3/t13-,16-,17+/m0/s1. The number of fused-ring (bicyclic) bond motifs is 2. The van der Waals surface area contributed by atoms with Gasteiger partial charge in [0.25, 0.3) is 0 Å². The van der Waals surface area contributed by atoms with Gasteiger partial charge in [-0.1, -0.05) is 31.6 Å². The van der Waals surface area contributed by atoms with Gasteiger partial charge in [0, 0.05) is 18.5 Å². The van der Waals surface area contributed by atoms with Crippen molar-refractivity contribution in [2.75, 3.05) is 14.2 Å². The third kappa shape index (κ3) is 1.85. The molecule has 1 saturated carbocycles. The summed E-state index contributed by atoms with van der Waals surface area (Å²) in [7, 11) is 3.95. The molecule has 2 bridgehead atoms. The SMILES string of the molecule is COc1cccc([C@@]23C=CN(C)[C@@H](CCC2)[C@@H]3C)c1. The van der Waals surface area contributed by atoms with Crippen LogP contribution in [0.3, 0.4) is 0 Å². The Morgan fingerprint density at radius 1 is 1.37 bits per heavy atom. The summed E-state index contributed by atoms with van der Waals surface area (Å²) in [5.41, 5.74) is 1.61. The van der Waals surface area contributed by atoms with E-state index in [1.807, 2.05) is 6.07 Å². The van der Waals surface area contributed by atoms with E-state index < -0.39 is 0 Å². The first kappa shape index (κ1) is 12.6. The molecule has 1 aromatic rings. The molecule has 2 heteroatoms. The van der Waals surface area contributed by atoms with E-state index in [9.17, 15) is 0 Å². The Balaban J connectivity index is 2.07. The zero-order chi connectivity index (χ0) is 13.5. The molecule has 0 radical (unpaired) electrons. The predicted octanol–water partition coefficient (Wildman–Crippen LogP) is 3.58. The molecule has 1 aliphatic carbocycles. The fourth-order valence-electron chi connectivity index (χ4n) is 3.99. The van der Waals surface area contributed by atoms with Gasteiger partial charge in [-0.3, -0.25) is 0 Å². The van der Waals surface area contributed by atoms with E-state index in [-0.39, 0.29) is 5.41 Å². The number of rotatable bonds is 2. The number of allylic oxidation sites excluding steroid dienone is 1. The summed E-state index contributed by atoms with van der Waals surface area (Å²) >= 11 is 0. The largest absolute Gasteiger partial charge is 0.497 e. The fourth-order valence-corrected chi connectivity index (χ4v) is 3.99. The van der Waals surface area contributed by atoms with E-state index in [2.05, 4.69) is 49.3 Å². The molecule has 0 saturated heterocycles. The van der Waals surface area contributed by atoms with Gasteiger partial charge in [-0.05, 0) is 42.7 Å². The predicted molar refractivity (Wildman–Crippen MR) is 78.4 cm³/mol. The molecule has 19 heavy (non-hydrogen) atoms. The minimum atomic E-state index is 0.198. The first-order valence-corrected chi connectivity index (χ1v) is 7.23. The molecule has 0 amide bonds. The normalized spacial score (nSPS) is 33.3. The molecule has 0 aromatic heterocycles. The van der Waals surface area contributed by atoms with Gasteiger partial charge in [-0.25, -0.2) is 0 Å². The number of hydrogen-bond donors (Lipinski definition) is 0. The van der Waals surface area contributed by atoms with Crippen LogP contribution in [0.4, 0.5) is 0 Å². The van der Waals surface area contributed by atoms with Gasteiger partial charge in [-0.2, -0.15) is 0 Å². The van der Waals surface area contributed by atoms with E-state index >= 15 is 0 Å². The zero-order valence-electron chi connectivity index (χ0n) is 12.1. The topological polar surface area (TPSA) is 12.5 Å². The highest BCUT2D eigenvalue weighted by molar-refractivity contribution is 5.40. The summed E-state index contributed by atoms with van der Waals surface area (Å²) in [6, 6.07) is 9.30. The van der Waals surface area contributed by atoms with Crippen LogP contribution in [-0.2, 0) is 5.41 Å². The van der Waals surface area contributed by atoms with Gasteiger partial charge in [0.1, 0.15) is 5.75 Å². The lowest BCUT2D eigenvalue weighted by Crippen LogP contribution is -2.51. The molecular weight excluding hydrogens is 234 g/mol. The maximum absolute atomic E-state index is 5.40. The van der Waals surface area contributed by atoms with E-state index in [4.69, 9.17) is 4.74 Å². The number of hydrogen-bond acceptors (Lipinski definition) is 2. The summed E-state index contributed by atoms with van der Waals surface area (Å²) in [6.45, 7) is 2.41. The third-order valence-corrected chi connectivity index (χ3v) is 5.22. The quantitative estimate of drug-likeness (QED) is 0.803. The van der Waals surface area contributed by atoms with Crippen molar-refractivity contribution in [2.24, 2.45) is 5.92 Å². The zero-order valence-corrected chi connectivity index (χ0v) is 12.1. The Morgan fingerprint density at radius 3 is 3.00 bits per heavy atom. The van der Waals surface area contributed by atoms with Crippen LogP contribution in [0.1, 0.15) is 31.7 Å². The van der Waals surface area contributed by atoms with Crippen LogP contribution in [0.5, 0.6) is 5.75 Å². The van der Waals surface area contributed by atoms with Crippen LogP contribution in [0.2, 0.25) is 0 Å². The lowest BCUT2D eigenvalue weighted by atomic mass is 9.60. The van der Waals surface area contributed by atoms with E-state index in [1.165, 1.54) is 24.8 Å². The molecule has 3 rings (SSSR count). The summed E-state index contributed by atoms with van der Waals surface area (Å²) < 4.78 is 5.40. The minimum Gasteiger partial charge on any atom is -0.497 e. The molecule has 102 valence electrons. The van der Waals surface area contributed by atoms with Crippen molar-refractivity contribution in [3.8, 4) is 5.75 Å². The molecule has 0 N–H and O–H groups in total. The van der Waals surface area contributed by atoms with Crippen molar-refractivity contribution in [1.82, 2.24) is 4.90 Å². The van der Waals surface area contributed by atoms with Crippen molar-refractivity contribution in [1.29, 1.82) is 0 Å². The van der Waals surface area contributed by atoms with E-state index in [0.717, 1.165) is 5.75 Å². The minimum absolute atomic E-state index is 0.198. The molecule has 1 aliphatic heterocycles. The van der Waals surface area contributed by atoms with Crippen molar-refractivity contribution in [2.45, 2.75) is 37.6 Å². The molecule has 1 heterocycles. The van der Waals surface area contributed by atoms with Crippen LogP contribution in [0, 0.1) is 5.92 Å². The van der Waals surface area contributed by atoms with Gasteiger partial charge < -0.3 is 9.64 Å². The van der Waals surface area contributed by atoms with Crippen LogP contribution < -0.4 is 4.74 Å². The second-order valence-electron chi connectivity index (χ2n) is 6.00. The van der Waals surface area contributed by atoms with Crippen LogP contribution in [0.15, 0.2) is 36.5 Å². The third-order valence-electron chi connectivity index (χ3n) is 5.22. The van der Waals surface area contributed by atoms with Gasteiger partial charge >= 0.3 is 0 Å². The van der Waals surface area contributed by atoms with E-state index in [1.54, 1.807) is 7.11 Å². The summed E-state index contributed by atoms with van der Waals surface area (Å²) in [5, 5.41) is 0. The van der Waals surface area contributed by atoms with Gasteiger partial charge in [0.15, 0.2) is 0 Å². The first-order valence-electron chi connectivity index (χ1n) is 7.23. The highest BCUT2D eigenvalue weighted by Gasteiger charge is 2.45. The van der Waals surface area contributed by atoms with Gasteiger partial charge in [0.2, 0.25) is 0 Å². The monoisotopic (exact) mass is 257 g/mol. The van der Waals surface area contributed by atoms with E-state index in [0.29, 0.717) is 12.0 Å². The maximum atomic E-state index is 5.40. The fraction of sp³-hybridized carbons (Fsp3) is 0.529. The van der Waals surface area contributed by atoms with Crippen LogP contribution >= 0.6 is 0 Å². The van der Waals surface area contributed by atoms with Crippen molar-refractivity contribution in [3.63, 3.8) is 0 Å². The molecular formula is C17H23NO. The first-order chi connectivity index (χ1) is 9.17. The Labute approximate surface area is 116 Å². The summed E-state index contributed by atoms with van der Waals surface area (Å²) in [6.07, 6.45) is 8.57. The van der Waals surface area contributed by atoms with Gasteiger partial charge in [0.05, 0.1) is 7.11 Å². The van der Waals surface area contributed by atoms with Crippen LogP contribution in [-0.4, -0.2) is 25.1 Å². The molecule has 0 unspecified atom stereocenters. The molecule has 2 aliphatic rings. The molecule has 0 spiro atoms. The van der Waals surface area contributed by atoms with Crippen molar-refractivity contribution < 1.29 is 4.74 Å².